The van der Waals surface area contributed by atoms with Crippen molar-refractivity contribution in [1.82, 2.24) is 5.16 Å². The molecule has 0 radical (unpaired) electrons. The Morgan fingerprint density at radius 2 is 1.90 bits per heavy atom. The van der Waals surface area contributed by atoms with Crippen LogP contribution in [0.5, 0.6) is 5.75 Å². The first kappa shape index (κ1) is 20.6. The molecule has 31 heavy (non-hydrogen) atoms. The SMILES string of the molecule is COc1ccc(/C(O)=C2\C(=O)C(=O)N(c3cc(C)on3)C2c2ccc(F)cc2)cc1Cl. The van der Waals surface area contributed by atoms with Crippen molar-refractivity contribution in [3.8, 4) is 5.75 Å². The molecule has 0 aliphatic carbocycles. The van der Waals surface area contributed by atoms with Gasteiger partial charge in [-0.2, -0.15) is 0 Å². The second-order valence-corrected chi connectivity index (χ2v) is 7.27. The Morgan fingerprint density at radius 3 is 2.48 bits per heavy atom. The first-order valence-electron chi connectivity index (χ1n) is 9.15. The molecule has 1 aromatic heterocycles. The monoisotopic (exact) mass is 442 g/mol. The van der Waals surface area contributed by atoms with Gasteiger partial charge in [-0.25, -0.2) is 4.39 Å². The number of benzene rings is 2. The highest BCUT2D eigenvalue weighted by Gasteiger charge is 2.48. The van der Waals surface area contributed by atoms with Crippen LogP contribution in [0.1, 0.15) is 22.9 Å². The number of anilines is 1. The number of halogens is 2. The molecule has 1 aliphatic heterocycles. The number of Topliss-reactive ketones (excluding diaryl/α,β-unsaturated/α-hetero) is 1. The normalized spacial score (nSPS) is 17.9. The van der Waals surface area contributed by atoms with Crippen LogP contribution in [0.3, 0.4) is 0 Å². The number of carbonyl (C=O) groups excluding carboxylic acids is 2. The van der Waals surface area contributed by atoms with Crippen LogP contribution < -0.4 is 9.64 Å². The molecular formula is C22H16ClFN2O5. The molecule has 1 saturated heterocycles. The summed E-state index contributed by atoms with van der Waals surface area (Å²) in [6.07, 6.45) is 0. The quantitative estimate of drug-likeness (QED) is 0.365. The van der Waals surface area contributed by atoms with Crippen LogP contribution in [0.25, 0.3) is 5.76 Å². The fourth-order valence-electron chi connectivity index (χ4n) is 3.47. The Bertz CT molecular complexity index is 1220. The van der Waals surface area contributed by atoms with E-state index in [9.17, 15) is 19.1 Å². The van der Waals surface area contributed by atoms with Gasteiger partial charge in [-0.05, 0) is 42.8 Å². The Labute approximate surface area is 181 Å². The zero-order valence-corrected chi connectivity index (χ0v) is 17.2. The molecule has 4 rings (SSSR count). The van der Waals surface area contributed by atoms with E-state index in [-0.39, 0.29) is 22.0 Å². The second-order valence-electron chi connectivity index (χ2n) is 6.87. The Kier molecular flexibility index (Phi) is 5.24. The van der Waals surface area contributed by atoms with E-state index in [2.05, 4.69) is 5.16 Å². The van der Waals surface area contributed by atoms with E-state index in [0.717, 1.165) is 4.90 Å². The number of methoxy groups -OCH3 is 1. The summed E-state index contributed by atoms with van der Waals surface area (Å²) in [6, 6.07) is 10.2. The van der Waals surface area contributed by atoms with Crippen molar-refractivity contribution in [1.29, 1.82) is 0 Å². The lowest BCUT2D eigenvalue weighted by Crippen LogP contribution is -2.29. The summed E-state index contributed by atoms with van der Waals surface area (Å²) in [7, 11) is 1.45. The third-order valence-corrected chi connectivity index (χ3v) is 5.21. The molecule has 2 heterocycles. The number of amides is 1. The molecule has 7 nitrogen and oxygen atoms in total. The van der Waals surface area contributed by atoms with Gasteiger partial charge in [0.25, 0.3) is 5.78 Å². The van der Waals surface area contributed by atoms with Crippen molar-refractivity contribution in [2.45, 2.75) is 13.0 Å². The summed E-state index contributed by atoms with van der Waals surface area (Å²) in [5.41, 5.74) is 0.438. The minimum Gasteiger partial charge on any atom is -0.507 e. The van der Waals surface area contributed by atoms with Crippen molar-refractivity contribution in [2.24, 2.45) is 0 Å². The molecule has 1 aliphatic rings. The van der Waals surface area contributed by atoms with Gasteiger partial charge in [-0.1, -0.05) is 28.9 Å². The lowest BCUT2D eigenvalue weighted by Gasteiger charge is -2.22. The third kappa shape index (κ3) is 3.55. The van der Waals surface area contributed by atoms with E-state index in [4.69, 9.17) is 20.9 Å². The maximum absolute atomic E-state index is 13.5. The first-order valence-corrected chi connectivity index (χ1v) is 9.53. The van der Waals surface area contributed by atoms with Gasteiger partial charge in [0.1, 0.15) is 23.1 Å². The fraction of sp³-hybridized carbons (Fsp3) is 0.136. The zero-order chi connectivity index (χ0) is 22.3. The number of aryl methyl sites for hydroxylation is 1. The van der Waals surface area contributed by atoms with Crippen molar-refractivity contribution >= 4 is 34.9 Å². The summed E-state index contributed by atoms with van der Waals surface area (Å²) in [6.45, 7) is 1.64. The maximum Gasteiger partial charge on any atom is 0.301 e. The van der Waals surface area contributed by atoms with Gasteiger partial charge in [-0.3, -0.25) is 14.5 Å². The summed E-state index contributed by atoms with van der Waals surface area (Å²) >= 11 is 6.16. The molecule has 1 unspecified atom stereocenters. The number of aliphatic hydroxyl groups is 1. The summed E-state index contributed by atoms with van der Waals surface area (Å²) in [5, 5.41) is 15.1. The van der Waals surface area contributed by atoms with E-state index >= 15 is 0 Å². The van der Waals surface area contributed by atoms with Gasteiger partial charge in [-0.15, -0.1) is 0 Å². The molecular weight excluding hydrogens is 427 g/mol. The standard InChI is InChI=1S/C22H16ClFN2O5/c1-11-9-17(25-31-11)26-19(12-3-6-14(24)7-4-12)18(21(28)22(26)29)20(27)13-5-8-16(30-2)15(23)10-13/h3-10,19,27H,1-2H3/b20-18+. The number of rotatable bonds is 4. The topological polar surface area (TPSA) is 92.9 Å². The van der Waals surface area contributed by atoms with Crippen LogP contribution in [0.2, 0.25) is 5.02 Å². The van der Waals surface area contributed by atoms with E-state index in [1.165, 1.54) is 55.6 Å². The highest BCUT2D eigenvalue weighted by Crippen LogP contribution is 2.42. The minimum absolute atomic E-state index is 0.0979. The summed E-state index contributed by atoms with van der Waals surface area (Å²) in [4.78, 5) is 27.0. The molecule has 9 heteroatoms. The van der Waals surface area contributed by atoms with Crippen molar-refractivity contribution < 1.29 is 28.3 Å². The van der Waals surface area contributed by atoms with Crippen LogP contribution in [0, 0.1) is 12.7 Å². The molecule has 3 aromatic rings. The highest BCUT2D eigenvalue weighted by atomic mass is 35.5. The molecule has 1 fully saturated rings. The van der Waals surface area contributed by atoms with E-state index < -0.39 is 29.3 Å². The average Bonchev–Trinajstić information content (AvgIpc) is 3.29. The lowest BCUT2D eigenvalue weighted by atomic mass is 9.95. The first-order chi connectivity index (χ1) is 14.8. The van der Waals surface area contributed by atoms with Crippen LogP contribution >= 0.6 is 11.6 Å². The van der Waals surface area contributed by atoms with Gasteiger partial charge >= 0.3 is 5.91 Å². The highest BCUT2D eigenvalue weighted by molar-refractivity contribution is 6.51. The number of ketones is 1. The molecule has 1 N–H and O–H groups in total. The van der Waals surface area contributed by atoms with Crippen LogP contribution in [-0.4, -0.2) is 29.1 Å². The van der Waals surface area contributed by atoms with Gasteiger partial charge < -0.3 is 14.4 Å². The minimum atomic E-state index is -1.05. The van der Waals surface area contributed by atoms with Crippen molar-refractivity contribution in [2.75, 3.05) is 12.0 Å². The Balaban J connectivity index is 1.93. The molecule has 1 amide bonds. The van der Waals surface area contributed by atoms with Gasteiger partial charge in [0.05, 0.1) is 23.7 Å². The molecule has 2 aromatic carbocycles. The number of ether oxygens (including phenoxy) is 1. The molecule has 158 valence electrons. The predicted molar refractivity (Wildman–Crippen MR) is 110 cm³/mol. The summed E-state index contributed by atoms with van der Waals surface area (Å²) < 4.78 is 23.7. The number of aromatic nitrogens is 1. The van der Waals surface area contributed by atoms with E-state index in [1.54, 1.807) is 6.92 Å². The maximum atomic E-state index is 13.5. The molecule has 0 spiro atoms. The van der Waals surface area contributed by atoms with Gasteiger partial charge in [0, 0.05) is 11.6 Å². The largest absolute Gasteiger partial charge is 0.507 e. The number of hydrogen-bond donors (Lipinski definition) is 1. The van der Waals surface area contributed by atoms with Crippen LogP contribution in [-0.2, 0) is 9.59 Å². The molecule has 0 bridgehead atoms. The zero-order valence-electron chi connectivity index (χ0n) is 16.4. The number of aliphatic hydroxyl groups excluding tert-OH is 1. The van der Waals surface area contributed by atoms with Crippen LogP contribution in [0.4, 0.5) is 10.2 Å². The average molecular weight is 443 g/mol. The second kappa shape index (κ2) is 7.88. The lowest BCUT2D eigenvalue weighted by molar-refractivity contribution is -0.132. The summed E-state index contributed by atoms with van der Waals surface area (Å²) in [5.74, 6) is -1.83. The third-order valence-electron chi connectivity index (χ3n) is 4.92. The smallest absolute Gasteiger partial charge is 0.301 e. The molecule has 1 atom stereocenters. The number of carbonyl (C=O) groups is 2. The Morgan fingerprint density at radius 1 is 1.19 bits per heavy atom. The molecule has 0 saturated carbocycles. The fourth-order valence-corrected chi connectivity index (χ4v) is 3.72. The van der Waals surface area contributed by atoms with E-state index in [1.807, 2.05) is 0 Å². The number of nitrogens with zero attached hydrogens (tertiary/aromatic N) is 2. The Hall–Kier alpha value is -3.65. The van der Waals surface area contributed by atoms with Gasteiger partial charge in [0.15, 0.2) is 5.82 Å². The van der Waals surface area contributed by atoms with Gasteiger partial charge in [0.2, 0.25) is 0 Å². The number of hydrogen-bond acceptors (Lipinski definition) is 6. The van der Waals surface area contributed by atoms with Crippen molar-refractivity contribution in [3.63, 3.8) is 0 Å². The van der Waals surface area contributed by atoms with Crippen molar-refractivity contribution in [3.05, 3.63) is 81.8 Å². The predicted octanol–water partition coefficient (Wildman–Crippen LogP) is 4.41. The van der Waals surface area contributed by atoms with E-state index in [0.29, 0.717) is 17.1 Å². The van der Waals surface area contributed by atoms with Crippen LogP contribution in [0.15, 0.2) is 58.6 Å².